The highest BCUT2D eigenvalue weighted by Crippen LogP contribution is 2.33. The van der Waals surface area contributed by atoms with Gasteiger partial charge in [0.15, 0.2) is 0 Å². The highest BCUT2D eigenvalue weighted by molar-refractivity contribution is 6.05. The average Bonchev–Trinajstić information content (AvgIpc) is 2.99. The Kier molecular flexibility index (Phi) is 4.35. The second-order valence-electron chi connectivity index (χ2n) is 6.60. The number of carbonyl (C=O) groups excluding carboxylic acids is 3. The molecule has 1 unspecified atom stereocenters. The van der Waals surface area contributed by atoms with E-state index in [-0.39, 0.29) is 37.2 Å². The van der Waals surface area contributed by atoms with Gasteiger partial charge < -0.3 is 9.64 Å². The molecule has 0 aliphatic carbocycles. The summed E-state index contributed by atoms with van der Waals surface area (Å²) in [6, 6.07) is 10.5. The molecule has 0 spiro atoms. The summed E-state index contributed by atoms with van der Waals surface area (Å²) in [4.78, 5) is 37.7. The van der Waals surface area contributed by atoms with Crippen molar-refractivity contribution in [2.24, 2.45) is 0 Å². The van der Waals surface area contributed by atoms with Gasteiger partial charge in [0.2, 0.25) is 11.8 Å². The minimum absolute atomic E-state index is 0.213. The van der Waals surface area contributed by atoms with Crippen molar-refractivity contribution in [3.05, 3.63) is 65.0 Å². The number of benzene rings is 2. The van der Waals surface area contributed by atoms with Crippen molar-refractivity contribution >= 4 is 17.7 Å². The van der Waals surface area contributed by atoms with Crippen LogP contribution >= 0.6 is 0 Å². The van der Waals surface area contributed by atoms with Gasteiger partial charge in [-0.3, -0.25) is 19.7 Å². The zero-order chi connectivity index (χ0) is 19.0. The predicted octanol–water partition coefficient (Wildman–Crippen LogP) is 2.17. The van der Waals surface area contributed by atoms with Gasteiger partial charge in [-0.15, -0.1) is 0 Å². The van der Waals surface area contributed by atoms with Crippen LogP contribution in [0.15, 0.2) is 42.5 Å². The van der Waals surface area contributed by atoms with E-state index in [0.29, 0.717) is 23.3 Å². The smallest absolute Gasteiger partial charge is 0.255 e. The van der Waals surface area contributed by atoms with E-state index < -0.39 is 11.9 Å². The summed E-state index contributed by atoms with van der Waals surface area (Å²) in [5, 5.41) is 2.29. The molecule has 1 saturated heterocycles. The molecule has 138 valence electrons. The highest BCUT2D eigenvalue weighted by atomic mass is 19.1. The number of nitrogens with one attached hydrogen (secondary N) is 1. The van der Waals surface area contributed by atoms with E-state index in [1.165, 1.54) is 17.0 Å². The fourth-order valence-electron chi connectivity index (χ4n) is 3.43. The van der Waals surface area contributed by atoms with Crippen molar-refractivity contribution in [3.8, 4) is 5.75 Å². The summed E-state index contributed by atoms with van der Waals surface area (Å²) in [7, 11) is 0. The third kappa shape index (κ3) is 3.28. The van der Waals surface area contributed by atoms with Gasteiger partial charge in [0, 0.05) is 17.5 Å². The Morgan fingerprint density at radius 1 is 1.11 bits per heavy atom. The maximum atomic E-state index is 13.0. The molecule has 0 bridgehead atoms. The van der Waals surface area contributed by atoms with E-state index in [0.717, 1.165) is 5.56 Å². The zero-order valence-corrected chi connectivity index (χ0v) is 14.4. The summed E-state index contributed by atoms with van der Waals surface area (Å²) in [6.45, 7) is 0.489. The van der Waals surface area contributed by atoms with Crippen LogP contribution in [-0.4, -0.2) is 28.7 Å². The van der Waals surface area contributed by atoms with Gasteiger partial charge in [0.1, 0.15) is 24.2 Å². The first kappa shape index (κ1) is 17.2. The van der Waals surface area contributed by atoms with E-state index in [4.69, 9.17) is 4.74 Å². The summed E-state index contributed by atoms with van der Waals surface area (Å²) in [5.74, 6) is -0.763. The quantitative estimate of drug-likeness (QED) is 0.840. The molecule has 0 radical (unpaired) electrons. The lowest BCUT2D eigenvalue weighted by molar-refractivity contribution is -0.136. The number of amides is 3. The minimum Gasteiger partial charge on any atom is -0.489 e. The maximum Gasteiger partial charge on any atom is 0.255 e. The Labute approximate surface area is 154 Å². The number of piperidine rings is 1. The molecule has 2 aromatic rings. The van der Waals surface area contributed by atoms with Gasteiger partial charge in [0.25, 0.3) is 5.91 Å². The first-order valence-corrected chi connectivity index (χ1v) is 8.67. The van der Waals surface area contributed by atoms with Gasteiger partial charge in [-0.2, -0.15) is 0 Å². The monoisotopic (exact) mass is 368 g/mol. The van der Waals surface area contributed by atoms with E-state index in [1.807, 2.05) is 0 Å². The number of ether oxygens (including phenoxy) is 1. The molecule has 1 N–H and O–H groups in total. The molecule has 4 rings (SSSR count). The largest absolute Gasteiger partial charge is 0.489 e. The maximum absolute atomic E-state index is 13.0. The second-order valence-corrected chi connectivity index (χ2v) is 6.60. The topological polar surface area (TPSA) is 75.7 Å². The van der Waals surface area contributed by atoms with Crippen molar-refractivity contribution < 1.29 is 23.5 Å². The van der Waals surface area contributed by atoms with Gasteiger partial charge >= 0.3 is 0 Å². The minimum atomic E-state index is -0.660. The number of fused-ring (bicyclic) bond motifs is 1. The Bertz CT molecular complexity index is 926. The van der Waals surface area contributed by atoms with Crippen molar-refractivity contribution in [2.45, 2.75) is 32.0 Å². The summed E-state index contributed by atoms with van der Waals surface area (Å²) in [6.07, 6.45) is 0.528. The van der Waals surface area contributed by atoms with Gasteiger partial charge in [0.05, 0.1) is 6.54 Å². The number of halogens is 1. The molecule has 1 fully saturated rings. The van der Waals surface area contributed by atoms with Crippen LogP contribution in [0.5, 0.6) is 5.75 Å². The number of imide groups is 1. The van der Waals surface area contributed by atoms with E-state index in [2.05, 4.69) is 5.32 Å². The summed E-state index contributed by atoms with van der Waals surface area (Å²) < 4.78 is 18.9. The molecule has 0 aromatic heterocycles. The third-order valence-electron chi connectivity index (χ3n) is 4.85. The lowest BCUT2D eigenvalue weighted by Crippen LogP contribution is -2.52. The van der Waals surface area contributed by atoms with Crippen molar-refractivity contribution in [3.63, 3.8) is 0 Å². The van der Waals surface area contributed by atoms with Gasteiger partial charge in [-0.25, -0.2) is 4.39 Å². The van der Waals surface area contributed by atoms with Crippen LogP contribution in [-0.2, 0) is 22.7 Å². The van der Waals surface area contributed by atoms with Crippen LogP contribution in [0.3, 0.4) is 0 Å². The number of rotatable bonds is 4. The van der Waals surface area contributed by atoms with Crippen molar-refractivity contribution in [1.29, 1.82) is 0 Å². The zero-order valence-electron chi connectivity index (χ0n) is 14.4. The molecule has 0 saturated carbocycles. The van der Waals surface area contributed by atoms with Crippen LogP contribution in [0.1, 0.15) is 34.3 Å². The molecular formula is C20H17FN2O4. The molecule has 1 atom stereocenters. The molecule has 6 nitrogen and oxygen atoms in total. The van der Waals surface area contributed by atoms with Gasteiger partial charge in [-0.05, 0) is 36.2 Å². The molecule has 2 aliphatic heterocycles. The first-order chi connectivity index (χ1) is 13.0. The second kappa shape index (κ2) is 6.83. The first-order valence-electron chi connectivity index (χ1n) is 8.67. The van der Waals surface area contributed by atoms with Crippen LogP contribution in [0, 0.1) is 5.82 Å². The summed E-state index contributed by atoms with van der Waals surface area (Å²) >= 11 is 0. The normalized spacial score (nSPS) is 19.1. The lowest BCUT2D eigenvalue weighted by Gasteiger charge is -2.29. The highest BCUT2D eigenvalue weighted by Gasteiger charge is 2.40. The molecule has 2 heterocycles. The number of nitrogens with zero attached hydrogens (tertiary/aromatic N) is 1. The SMILES string of the molecule is O=C1CCC(N2Cc3c(OCc4ccc(F)cc4)cccc3C2=O)C(=O)N1. The van der Waals surface area contributed by atoms with Crippen molar-refractivity contribution in [2.75, 3.05) is 0 Å². The number of carbonyl (C=O) groups is 3. The van der Waals surface area contributed by atoms with Crippen LogP contribution in [0.25, 0.3) is 0 Å². The van der Waals surface area contributed by atoms with E-state index in [9.17, 15) is 18.8 Å². The van der Waals surface area contributed by atoms with Crippen LogP contribution in [0.4, 0.5) is 4.39 Å². The van der Waals surface area contributed by atoms with E-state index in [1.54, 1.807) is 30.3 Å². The van der Waals surface area contributed by atoms with Crippen molar-refractivity contribution in [1.82, 2.24) is 10.2 Å². The Balaban J connectivity index is 1.53. The molecule has 7 heteroatoms. The molecule has 2 aromatic carbocycles. The molecule has 27 heavy (non-hydrogen) atoms. The lowest BCUT2D eigenvalue weighted by atomic mass is 10.0. The standard InChI is InChI=1S/C20H17FN2O4/c21-13-6-4-12(5-7-13)11-27-17-3-1-2-14-15(17)10-23(20(14)26)16-8-9-18(24)22-19(16)25/h1-7,16H,8-11H2,(H,22,24,25). The Hall–Kier alpha value is -3.22. The Morgan fingerprint density at radius 2 is 1.89 bits per heavy atom. The number of hydrogen-bond donors (Lipinski definition) is 1. The fraction of sp³-hybridized carbons (Fsp3) is 0.250. The third-order valence-corrected chi connectivity index (χ3v) is 4.85. The molecule has 2 aliphatic rings. The van der Waals surface area contributed by atoms with Gasteiger partial charge in [-0.1, -0.05) is 18.2 Å². The average molecular weight is 368 g/mol. The predicted molar refractivity (Wildman–Crippen MR) is 93.2 cm³/mol. The van der Waals surface area contributed by atoms with Crippen LogP contribution < -0.4 is 10.1 Å². The summed E-state index contributed by atoms with van der Waals surface area (Å²) in [5.41, 5.74) is 2.02. The van der Waals surface area contributed by atoms with E-state index >= 15 is 0 Å². The molecule has 3 amide bonds. The Morgan fingerprint density at radius 3 is 2.63 bits per heavy atom. The number of hydrogen-bond acceptors (Lipinski definition) is 4. The van der Waals surface area contributed by atoms with Crippen LogP contribution in [0.2, 0.25) is 0 Å². The molecular weight excluding hydrogens is 351 g/mol. The fourth-order valence-corrected chi connectivity index (χ4v) is 3.43.